The number of amides is 1. The van der Waals surface area contributed by atoms with Crippen LogP contribution in [-0.4, -0.2) is 28.2 Å². The van der Waals surface area contributed by atoms with E-state index in [1.54, 1.807) is 17.0 Å². The molecule has 0 aliphatic heterocycles. The largest absolute Gasteiger partial charge is 0.334 e. The maximum absolute atomic E-state index is 11.9. The normalized spacial score (nSPS) is 10.2. The van der Waals surface area contributed by atoms with Gasteiger partial charge in [-0.15, -0.1) is 0 Å². The summed E-state index contributed by atoms with van der Waals surface area (Å²) < 4.78 is 0.567. The molecule has 7 heteroatoms. The maximum Gasteiger partial charge on any atom is 0.286 e. The Kier molecular flexibility index (Phi) is 5.86. The molecule has 0 aliphatic carbocycles. The standard InChI is InChI=1S/C11H13IN2O3S/c1-3-13(4-2)11(15)18-8-5-6-9(12)10(7-8)14(16)17/h5-7H,3-4H2,1-2H3. The topological polar surface area (TPSA) is 63.5 Å². The predicted octanol–water partition coefficient (Wildman–Crippen LogP) is 3.75. The Labute approximate surface area is 123 Å². The predicted molar refractivity (Wildman–Crippen MR) is 80.0 cm³/mol. The molecule has 98 valence electrons. The van der Waals surface area contributed by atoms with Crippen LogP contribution in [0.5, 0.6) is 0 Å². The Morgan fingerprint density at radius 3 is 2.56 bits per heavy atom. The van der Waals surface area contributed by atoms with E-state index in [1.807, 2.05) is 36.4 Å². The molecule has 0 unspecified atom stereocenters. The van der Waals surface area contributed by atoms with Gasteiger partial charge in [-0.3, -0.25) is 14.9 Å². The molecular formula is C11H13IN2O3S. The third kappa shape index (κ3) is 3.84. The lowest BCUT2D eigenvalue weighted by Gasteiger charge is -2.17. The van der Waals surface area contributed by atoms with Crippen molar-refractivity contribution < 1.29 is 9.72 Å². The second-order valence-corrected chi connectivity index (χ2v) is 5.60. The average Bonchev–Trinajstić information content (AvgIpc) is 2.32. The molecule has 0 radical (unpaired) electrons. The Hall–Kier alpha value is -0.830. The molecule has 0 saturated carbocycles. The fourth-order valence-corrected chi connectivity index (χ4v) is 2.77. The van der Waals surface area contributed by atoms with Gasteiger partial charge in [-0.05, 0) is 60.3 Å². The summed E-state index contributed by atoms with van der Waals surface area (Å²) in [6, 6.07) is 4.81. The summed E-state index contributed by atoms with van der Waals surface area (Å²) in [6.45, 7) is 5.07. The number of nitrogens with zero attached hydrogens (tertiary/aromatic N) is 2. The molecule has 0 bridgehead atoms. The van der Waals surface area contributed by atoms with Crippen LogP contribution in [-0.2, 0) is 0 Å². The van der Waals surface area contributed by atoms with E-state index in [4.69, 9.17) is 0 Å². The molecule has 0 fully saturated rings. The highest BCUT2D eigenvalue weighted by Gasteiger charge is 2.16. The van der Waals surface area contributed by atoms with Crippen molar-refractivity contribution >= 4 is 45.3 Å². The van der Waals surface area contributed by atoms with Crippen LogP contribution in [0.3, 0.4) is 0 Å². The van der Waals surface area contributed by atoms with Gasteiger partial charge in [0, 0.05) is 24.1 Å². The molecule has 1 aromatic rings. The summed E-state index contributed by atoms with van der Waals surface area (Å²) >= 11 is 2.93. The molecule has 18 heavy (non-hydrogen) atoms. The molecule has 1 aromatic carbocycles. The van der Waals surface area contributed by atoms with E-state index in [0.717, 1.165) is 11.8 Å². The second-order valence-electron chi connectivity index (χ2n) is 3.41. The summed E-state index contributed by atoms with van der Waals surface area (Å²) in [6.07, 6.45) is 0. The van der Waals surface area contributed by atoms with E-state index in [1.165, 1.54) is 6.07 Å². The van der Waals surface area contributed by atoms with E-state index in [0.29, 0.717) is 21.6 Å². The smallest absolute Gasteiger partial charge is 0.286 e. The number of benzene rings is 1. The van der Waals surface area contributed by atoms with Crippen molar-refractivity contribution in [2.75, 3.05) is 13.1 Å². The number of hydrogen-bond acceptors (Lipinski definition) is 4. The minimum Gasteiger partial charge on any atom is -0.334 e. The lowest BCUT2D eigenvalue weighted by molar-refractivity contribution is -0.386. The molecule has 0 N–H and O–H groups in total. The number of hydrogen-bond donors (Lipinski definition) is 0. The monoisotopic (exact) mass is 380 g/mol. The third-order valence-electron chi connectivity index (χ3n) is 2.34. The van der Waals surface area contributed by atoms with Crippen molar-refractivity contribution in [1.29, 1.82) is 0 Å². The quantitative estimate of drug-likeness (QED) is 0.345. The van der Waals surface area contributed by atoms with Gasteiger partial charge < -0.3 is 4.90 Å². The molecule has 0 aliphatic rings. The number of rotatable bonds is 4. The third-order valence-corrected chi connectivity index (χ3v) is 4.18. The highest BCUT2D eigenvalue weighted by molar-refractivity contribution is 14.1. The zero-order valence-electron chi connectivity index (χ0n) is 10.1. The zero-order chi connectivity index (χ0) is 13.7. The van der Waals surface area contributed by atoms with Gasteiger partial charge in [0.25, 0.3) is 10.9 Å². The van der Waals surface area contributed by atoms with Gasteiger partial charge in [-0.2, -0.15) is 0 Å². The van der Waals surface area contributed by atoms with Crippen molar-refractivity contribution in [3.8, 4) is 0 Å². The van der Waals surface area contributed by atoms with Gasteiger partial charge in [-0.25, -0.2) is 0 Å². The maximum atomic E-state index is 11.9. The van der Waals surface area contributed by atoms with Gasteiger partial charge in [0.1, 0.15) is 0 Å². The van der Waals surface area contributed by atoms with E-state index in [-0.39, 0.29) is 10.9 Å². The highest BCUT2D eigenvalue weighted by Crippen LogP contribution is 2.28. The molecule has 0 heterocycles. The lowest BCUT2D eigenvalue weighted by atomic mass is 10.3. The first-order valence-electron chi connectivity index (χ1n) is 5.40. The molecule has 0 atom stereocenters. The van der Waals surface area contributed by atoms with Gasteiger partial charge in [0.15, 0.2) is 0 Å². The lowest BCUT2D eigenvalue weighted by Crippen LogP contribution is -2.26. The van der Waals surface area contributed by atoms with Crippen molar-refractivity contribution in [2.24, 2.45) is 0 Å². The minimum absolute atomic E-state index is 0.0351. The molecular weight excluding hydrogens is 367 g/mol. The van der Waals surface area contributed by atoms with E-state index in [9.17, 15) is 14.9 Å². The van der Waals surface area contributed by atoms with Crippen LogP contribution in [0.1, 0.15) is 13.8 Å². The van der Waals surface area contributed by atoms with Crippen molar-refractivity contribution in [3.63, 3.8) is 0 Å². The summed E-state index contributed by atoms with van der Waals surface area (Å²) in [7, 11) is 0. The van der Waals surface area contributed by atoms with Gasteiger partial charge >= 0.3 is 0 Å². The van der Waals surface area contributed by atoms with Crippen LogP contribution in [0, 0.1) is 13.7 Å². The molecule has 5 nitrogen and oxygen atoms in total. The van der Waals surface area contributed by atoms with Crippen molar-refractivity contribution in [2.45, 2.75) is 18.7 Å². The number of thioether (sulfide) groups is 1. The van der Waals surface area contributed by atoms with Gasteiger partial charge in [-0.1, -0.05) is 0 Å². The Morgan fingerprint density at radius 2 is 2.06 bits per heavy atom. The number of carbonyl (C=O) groups is 1. The molecule has 0 aromatic heterocycles. The number of nitro groups is 1. The minimum atomic E-state index is -0.437. The fraction of sp³-hybridized carbons (Fsp3) is 0.364. The molecule has 1 rings (SSSR count). The van der Waals surface area contributed by atoms with Crippen LogP contribution in [0.15, 0.2) is 23.1 Å². The second kappa shape index (κ2) is 6.93. The molecule has 0 saturated heterocycles. The van der Waals surface area contributed by atoms with Crippen LogP contribution >= 0.6 is 34.4 Å². The van der Waals surface area contributed by atoms with Crippen LogP contribution in [0.2, 0.25) is 0 Å². The average molecular weight is 380 g/mol. The van der Waals surface area contributed by atoms with Gasteiger partial charge in [0.2, 0.25) is 0 Å². The first-order valence-corrected chi connectivity index (χ1v) is 7.29. The summed E-state index contributed by atoms with van der Waals surface area (Å²) in [5, 5.41) is 10.7. The Morgan fingerprint density at radius 1 is 1.44 bits per heavy atom. The van der Waals surface area contributed by atoms with E-state index >= 15 is 0 Å². The summed E-state index contributed by atoms with van der Waals surface area (Å²) in [5.74, 6) is 0. The molecule has 0 spiro atoms. The van der Waals surface area contributed by atoms with E-state index < -0.39 is 4.92 Å². The molecule has 1 amide bonds. The number of carbonyl (C=O) groups excluding carboxylic acids is 1. The first-order chi connectivity index (χ1) is 8.49. The number of halogens is 1. The van der Waals surface area contributed by atoms with Crippen molar-refractivity contribution in [1.82, 2.24) is 4.90 Å². The number of nitro benzene ring substituents is 1. The van der Waals surface area contributed by atoms with Crippen molar-refractivity contribution in [3.05, 3.63) is 31.9 Å². The van der Waals surface area contributed by atoms with Crippen LogP contribution in [0.4, 0.5) is 10.5 Å². The Balaban J connectivity index is 2.89. The highest BCUT2D eigenvalue weighted by atomic mass is 127. The summed E-state index contributed by atoms with van der Waals surface area (Å²) in [4.78, 5) is 24.5. The van der Waals surface area contributed by atoms with Crippen LogP contribution < -0.4 is 0 Å². The fourth-order valence-electron chi connectivity index (χ4n) is 1.34. The van der Waals surface area contributed by atoms with Crippen LogP contribution in [0.25, 0.3) is 0 Å². The summed E-state index contributed by atoms with van der Waals surface area (Å²) in [5.41, 5.74) is 0.0351. The Bertz CT molecular complexity index is 464. The van der Waals surface area contributed by atoms with Gasteiger partial charge in [0.05, 0.1) is 8.49 Å². The van der Waals surface area contributed by atoms with E-state index in [2.05, 4.69) is 0 Å². The SMILES string of the molecule is CCN(CC)C(=O)Sc1ccc(I)c([N+](=O)[O-])c1. The zero-order valence-corrected chi connectivity index (χ0v) is 13.0. The first kappa shape index (κ1) is 15.2.